The molecule has 0 aromatic heterocycles. The number of benzene rings is 2. The fraction of sp³-hybridized carbons (Fsp3) is 0.423. The molecule has 2 aliphatic rings. The number of carbonyl (C=O) groups excluding carboxylic acids is 2. The van der Waals surface area contributed by atoms with Gasteiger partial charge in [-0.3, -0.25) is 9.59 Å². The van der Waals surface area contributed by atoms with Crippen LogP contribution in [0.1, 0.15) is 49.3 Å². The lowest BCUT2D eigenvalue weighted by Crippen LogP contribution is -2.41. The first-order valence-corrected chi connectivity index (χ1v) is 11.4. The standard InChI is InChI=1S/C26H31N3O4/c1-28(26(31)19-11-7-8-12-19)17-25(30)29-23(18-9-5-4-6-10-18)16-22(27-29)21-14-13-20(32-2)15-24(21)33-3/h4-6,9-10,13-15,19,23H,7-8,11-12,16-17H2,1-3H3/t23-/m1/s1. The second-order valence-corrected chi connectivity index (χ2v) is 8.66. The number of ether oxygens (including phenoxy) is 2. The summed E-state index contributed by atoms with van der Waals surface area (Å²) in [6.45, 7) is 0.00912. The van der Waals surface area contributed by atoms with E-state index in [1.165, 1.54) is 5.01 Å². The van der Waals surface area contributed by atoms with E-state index in [1.807, 2.05) is 48.5 Å². The maximum Gasteiger partial charge on any atom is 0.262 e. The molecule has 7 heteroatoms. The van der Waals surface area contributed by atoms with Crippen molar-refractivity contribution in [2.75, 3.05) is 27.8 Å². The van der Waals surface area contributed by atoms with Crippen LogP contribution in [-0.4, -0.2) is 55.2 Å². The summed E-state index contributed by atoms with van der Waals surface area (Å²) >= 11 is 0. The summed E-state index contributed by atoms with van der Waals surface area (Å²) in [5, 5.41) is 6.27. The first-order valence-electron chi connectivity index (χ1n) is 11.4. The van der Waals surface area contributed by atoms with Crippen LogP contribution in [0.25, 0.3) is 0 Å². The highest BCUT2D eigenvalue weighted by atomic mass is 16.5. The number of amides is 2. The number of hydrogen-bond donors (Lipinski definition) is 0. The SMILES string of the molecule is COc1ccc(C2=NN(C(=O)CN(C)C(=O)C3CCCC3)[C@@H](c3ccccc3)C2)c(OC)c1. The van der Waals surface area contributed by atoms with E-state index < -0.39 is 0 Å². The molecule has 1 heterocycles. The minimum Gasteiger partial charge on any atom is -0.497 e. The van der Waals surface area contributed by atoms with Gasteiger partial charge in [0.1, 0.15) is 18.0 Å². The number of nitrogens with zero attached hydrogens (tertiary/aromatic N) is 3. The highest BCUT2D eigenvalue weighted by Gasteiger charge is 2.35. The molecule has 0 bridgehead atoms. The van der Waals surface area contributed by atoms with Gasteiger partial charge in [-0.1, -0.05) is 43.2 Å². The van der Waals surface area contributed by atoms with Crippen molar-refractivity contribution in [1.29, 1.82) is 0 Å². The monoisotopic (exact) mass is 449 g/mol. The van der Waals surface area contributed by atoms with Gasteiger partial charge >= 0.3 is 0 Å². The van der Waals surface area contributed by atoms with E-state index in [1.54, 1.807) is 26.2 Å². The Morgan fingerprint density at radius 2 is 1.79 bits per heavy atom. The number of carbonyl (C=O) groups is 2. The lowest BCUT2D eigenvalue weighted by Gasteiger charge is -2.26. The zero-order valence-corrected chi connectivity index (χ0v) is 19.5. The lowest BCUT2D eigenvalue weighted by molar-refractivity contribution is -0.142. The van der Waals surface area contributed by atoms with Crippen LogP contribution < -0.4 is 9.47 Å². The van der Waals surface area contributed by atoms with Crippen LogP contribution in [-0.2, 0) is 9.59 Å². The maximum absolute atomic E-state index is 13.4. The first-order chi connectivity index (χ1) is 16.0. The molecule has 0 spiro atoms. The van der Waals surface area contributed by atoms with Crippen molar-refractivity contribution >= 4 is 17.5 Å². The third-order valence-electron chi connectivity index (χ3n) is 6.52. The predicted molar refractivity (Wildman–Crippen MR) is 126 cm³/mol. The Morgan fingerprint density at radius 1 is 1.06 bits per heavy atom. The average Bonchev–Trinajstić information content (AvgIpc) is 3.54. The van der Waals surface area contributed by atoms with Crippen LogP contribution in [0.4, 0.5) is 0 Å². The molecule has 174 valence electrons. The van der Waals surface area contributed by atoms with Crippen LogP contribution in [0.3, 0.4) is 0 Å². The minimum absolute atomic E-state index is 0.00912. The molecule has 1 aliphatic carbocycles. The van der Waals surface area contributed by atoms with Gasteiger partial charge in [-0.2, -0.15) is 5.10 Å². The third-order valence-corrected chi connectivity index (χ3v) is 6.52. The van der Waals surface area contributed by atoms with Crippen molar-refractivity contribution in [3.63, 3.8) is 0 Å². The lowest BCUT2D eigenvalue weighted by atomic mass is 9.98. The molecule has 1 saturated carbocycles. The number of likely N-dealkylation sites (N-methyl/N-ethyl adjacent to an activating group) is 1. The Morgan fingerprint density at radius 3 is 2.45 bits per heavy atom. The zero-order valence-electron chi connectivity index (χ0n) is 19.5. The van der Waals surface area contributed by atoms with Crippen LogP contribution in [0.5, 0.6) is 11.5 Å². The van der Waals surface area contributed by atoms with E-state index in [0.29, 0.717) is 17.9 Å². The van der Waals surface area contributed by atoms with Crippen molar-refractivity contribution < 1.29 is 19.1 Å². The largest absolute Gasteiger partial charge is 0.497 e. The molecular formula is C26H31N3O4. The molecule has 1 aliphatic heterocycles. The second kappa shape index (κ2) is 10.1. The van der Waals surface area contributed by atoms with Gasteiger partial charge in [-0.25, -0.2) is 5.01 Å². The summed E-state index contributed by atoms with van der Waals surface area (Å²) in [5.74, 6) is 1.22. The van der Waals surface area contributed by atoms with Crippen LogP contribution in [0.2, 0.25) is 0 Å². The van der Waals surface area contributed by atoms with E-state index in [9.17, 15) is 9.59 Å². The van der Waals surface area contributed by atoms with Gasteiger partial charge in [-0.15, -0.1) is 0 Å². The Labute approximate surface area is 195 Å². The van der Waals surface area contributed by atoms with Crippen molar-refractivity contribution in [3.05, 3.63) is 59.7 Å². The number of hydrogen-bond acceptors (Lipinski definition) is 5. The number of hydrazone groups is 1. The van der Waals surface area contributed by atoms with Crippen molar-refractivity contribution in [2.24, 2.45) is 11.0 Å². The van der Waals surface area contributed by atoms with Crippen LogP contribution >= 0.6 is 0 Å². The molecule has 0 N–H and O–H groups in total. The summed E-state index contributed by atoms with van der Waals surface area (Å²) in [6.07, 6.45) is 4.54. The topological polar surface area (TPSA) is 71.4 Å². The van der Waals surface area contributed by atoms with Gasteiger partial charge in [0.2, 0.25) is 5.91 Å². The van der Waals surface area contributed by atoms with Crippen LogP contribution in [0, 0.1) is 5.92 Å². The Balaban J connectivity index is 1.60. The highest BCUT2D eigenvalue weighted by molar-refractivity contribution is 6.05. The van der Waals surface area contributed by atoms with Gasteiger partial charge in [0.15, 0.2) is 0 Å². The van der Waals surface area contributed by atoms with Gasteiger partial charge in [0.25, 0.3) is 5.91 Å². The highest BCUT2D eigenvalue weighted by Crippen LogP contribution is 2.36. The predicted octanol–water partition coefficient (Wildman–Crippen LogP) is 4.03. The quantitative estimate of drug-likeness (QED) is 0.640. The summed E-state index contributed by atoms with van der Waals surface area (Å²) in [6, 6.07) is 15.2. The fourth-order valence-electron chi connectivity index (χ4n) is 4.71. The smallest absolute Gasteiger partial charge is 0.262 e. The Kier molecular flexibility index (Phi) is 6.96. The molecule has 0 saturated heterocycles. The molecule has 7 nitrogen and oxygen atoms in total. The second-order valence-electron chi connectivity index (χ2n) is 8.66. The van der Waals surface area contributed by atoms with Crippen LogP contribution in [0.15, 0.2) is 53.6 Å². The molecule has 33 heavy (non-hydrogen) atoms. The van der Waals surface area contributed by atoms with Gasteiger partial charge in [0, 0.05) is 31.0 Å². The molecule has 1 fully saturated rings. The fourth-order valence-corrected chi connectivity index (χ4v) is 4.71. The summed E-state index contributed by atoms with van der Waals surface area (Å²) in [4.78, 5) is 27.7. The first kappa shape index (κ1) is 22.8. The zero-order chi connectivity index (χ0) is 23.4. The molecule has 2 aromatic rings. The third kappa shape index (κ3) is 4.87. The molecule has 0 radical (unpaired) electrons. The van der Waals surface area contributed by atoms with E-state index in [0.717, 1.165) is 42.5 Å². The molecule has 2 amide bonds. The minimum atomic E-state index is -0.240. The summed E-state index contributed by atoms with van der Waals surface area (Å²) in [7, 11) is 4.93. The molecular weight excluding hydrogens is 418 g/mol. The number of methoxy groups -OCH3 is 2. The molecule has 0 unspecified atom stereocenters. The summed E-state index contributed by atoms with van der Waals surface area (Å²) < 4.78 is 10.9. The molecule has 1 atom stereocenters. The Bertz CT molecular complexity index is 1030. The molecule has 2 aromatic carbocycles. The van der Waals surface area contributed by atoms with Crippen molar-refractivity contribution in [3.8, 4) is 11.5 Å². The number of rotatable bonds is 7. The van der Waals surface area contributed by atoms with Gasteiger partial charge in [-0.05, 0) is 30.5 Å². The van der Waals surface area contributed by atoms with E-state index >= 15 is 0 Å². The van der Waals surface area contributed by atoms with Gasteiger partial charge in [0.05, 0.1) is 26.0 Å². The maximum atomic E-state index is 13.4. The van der Waals surface area contributed by atoms with Crippen molar-refractivity contribution in [2.45, 2.75) is 38.1 Å². The van der Waals surface area contributed by atoms with E-state index in [4.69, 9.17) is 14.6 Å². The normalized spacial score (nSPS) is 18.2. The average molecular weight is 450 g/mol. The summed E-state index contributed by atoms with van der Waals surface area (Å²) in [5.41, 5.74) is 2.59. The Hall–Kier alpha value is -3.35. The van der Waals surface area contributed by atoms with E-state index in [-0.39, 0.29) is 30.3 Å². The van der Waals surface area contributed by atoms with E-state index in [2.05, 4.69) is 0 Å². The van der Waals surface area contributed by atoms with Gasteiger partial charge < -0.3 is 14.4 Å². The van der Waals surface area contributed by atoms with Crippen molar-refractivity contribution in [1.82, 2.24) is 9.91 Å². The molecule has 4 rings (SSSR count).